The second-order valence-corrected chi connectivity index (χ2v) is 5.24. The van der Waals surface area contributed by atoms with Crippen molar-refractivity contribution in [3.05, 3.63) is 11.6 Å². The minimum atomic E-state index is -3.36. The average Bonchev–Trinajstić information content (AvgIpc) is 2.08. The van der Waals surface area contributed by atoms with E-state index in [1.54, 1.807) is 13.0 Å². The summed E-state index contributed by atoms with van der Waals surface area (Å²) in [6.45, 7) is 1.64. The highest BCUT2D eigenvalue weighted by molar-refractivity contribution is 7.89. The van der Waals surface area contributed by atoms with Gasteiger partial charge in [0.15, 0.2) is 0 Å². The van der Waals surface area contributed by atoms with E-state index in [1.165, 1.54) is 7.05 Å². The Hall–Kier alpha value is -0.840. The number of allylic oxidation sites excluding steroid dienone is 1. The molecule has 0 aliphatic carbocycles. The second kappa shape index (κ2) is 3.49. The molecule has 1 aliphatic rings. The number of carbonyl (C=O) groups is 1. The first kappa shape index (κ1) is 10.2. The number of carbonyl (C=O) groups excluding carboxylic acids is 1. The fraction of sp³-hybridized carbons (Fsp3) is 0.625. The Balaban J connectivity index is 3.06. The van der Waals surface area contributed by atoms with Gasteiger partial charge in [0.1, 0.15) is 0 Å². The molecule has 0 unspecified atom stereocenters. The van der Waals surface area contributed by atoms with E-state index in [2.05, 4.69) is 0 Å². The molecule has 0 fully saturated rings. The number of nitrogens with zero attached hydrogens (tertiary/aromatic N) is 1. The van der Waals surface area contributed by atoms with Gasteiger partial charge >= 0.3 is 0 Å². The van der Waals surface area contributed by atoms with Gasteiger partial charge in [0.05, 0.1) is 5.75 Å². The summed E-state index contributed by atoms with van der Waals surface area (Å²) in [6, 6.07) is 0. The number of likely N-dealkylation sites (N-methyl/N-ethyl adjacent to an activating group) is 1. The van der Waals surface area contributed by atoms with Crippen LogP contribution in [0.4, 0.5) is 0 Å². The van der Waals surface area contributed by atoms with Crippen LogP contribution in [0.3, 0.4) is 0 Å². The lowest BCUT2D eigenvalue weighted by Crippen LogP contribution is -2.36. The molecule has 13 heavy (non-hydrogen) atoms. The molecule has 0 radical (unpaired) electrons. The third-order valence-electron chi connectivity index (χ3n) is 2.10. The summed E-state index contributed by atoms with van der Waals surface area (Å²) >= 11 is 0. The second-order valence-electron chi connectivity index (χ2n) is 3.12. The van der Waals surface area contributed by atoms with Gasteiger partial charge in [-0.3, -0.25) is 4.79 Å². The molecule has 0 aromatic carbocycles. The molecule has 0 N–H and O–H groups in total. The average molecular weight is 203 g/mol. The molecular formula is C8H13NO3S. The molecule has 1 aliphatic heterocycles. The van der Waals surface area contributed by atoms with Crippen molar-refractivity contribution in [2.75, 3.05) is 12.8 Å². The molecule has 1 rings (SSSR count). The molecule has 0 saturated heterocycles. The van der Waals surface area contributed by atoms with Crippen molar-refractivity contribution in [1.82, 2.24) is 4.31 Å². The summed E-state index contributed by atoms with van der Waals surface area (Å²) in [5.74, 6) is -0.362. The van der Waals surface area contributed by atoms with Crippen molar-refractivity contribution in [3.63, 3.8) is 0 Å². The fourth-order valence-electron chi connectivity index (χ4n) is 1.18. The van der Waals surface area contributed by atoms with Crippen molar-refractivity contribution in [1.29, 1.82) is 0 Å². The minimum absolute atomic E-state index is 0.0546. The number of sulfonamides is 1. The molecule has 0 aromatic heterocycles. The van der Waals surface area contributed by atoms with E-state index in [-0.39, 0.29) is 5.75 Å². The summed E-state index contributed by atoms with van der Waals surface area (Å²) in [5.41, 5.74) is 0.505. The predicted octanol–water partition coefficient (Wildman–Crippen LogP) is 0.515. The third-order valence-corrected chi connectivity index (χ3v) is 3.90. The standard InChI is InChI=1S/C8H13NO3S/c1-7-5-3-4-6-13(11,12)9(2)8(7)10/h5H,3-4,6H2,1-2H3/b7-5+. The van der Waals surface area contributed by atoms with Crippen molar-refractivity contribution in [2.24, 2.45) is 0 Å². The lowest BCUT2D eigenvalue weighted by atomic mass is 10.2. The molecular weight excluding hydrogens is 190 g/mol. The normalized spacial score (nSPS) is 27.4. The third kappa shape index (κ3) is 2.09. The summed E-state index contributed by atoms with van der Waals surface area (Å²) in [6.07, 6.45) is 3.02. The molecule has 74 valence electrons. The largest absolute Gasteiger partial charge is 0.268 e. The van der Waals surface area contributed by atoms with E-state index in [4.69, 9.17) is 0 Å². The van der Waals surface area contributed by atoms with E-state index in [9.17, 15) is 13.2 Å². The van der Waals surface area contributed by atoms with Crippen molar-refractivity contribution < 1.29 is 13.2 Å². The van der Waals surface area contributed by atoms with Crippen LogP contribution >= 0.6 is 0 Å². The van der Waals surface area contributed by atoms with Gasteiger partial charge in [-0.1, -0.05) is 6.08 Å². The van der Waals surface area contributed by atoms with Crippen LogP contribution in [0.5, 0.6) is 0 Å². The Morgan fingerprint density at radius 3 is 2.69 bits per heavy atom. The Labute approximate surface area is 78.3 Å². The Morgan fingerprint density at radius 1 is 1.46 bits per heavy atom. The van der Waals surface area contributed by atoms with Gasteiger partial charge in [-0.25, -0.2) is 12.7 Å². The number of hydrogen-bond acceptors (Lipinski definition) is 3. The van der Waals surface area contributed by atoms with Gasteiger partial charge in [-0.05, 0) is 19.8 Å². The molecule has 5 heteroatoms. The summed E-state index contributed by atoms with van der Waals surface area (Å²) in [7, 11) is -2.05. The first-order valence-corrected chi connectivity index (χ1v) is 5.74. The summed E-state index contributed by atoms with van der Waals surface area (Å²) in [5, 5.41) is 0. The zero-order chi connectivity index (χ0) is 10.1. The van der Waals surface area contributed by atoms with E-state index in [0.29, 0.717) is 18.4 Å². The van der Waals surface area contributed by atoms with Crippen molar-refractivity contribution in [3.8, 4) is 0 Å². The first-order valence-electron chi connectivity index (χ1n) is 4.13. The van der Waals surface area contributed by atoms with E-state index in [1.807, 2.05) is 0 Å². The van der Waals surface area contributed by atoms with Crippen LogP contribution in [0.1, 0.15) is 19.8 Å². The number of amides is 1. The van der Waals surface area contributed by atoms with Crippen LogP contribution < -0.4 is 0 Å². The van der Waals surface area contributed by atoms with Crippen molar-refractivity contribution >= 4 is 15.9 Å². The zero-order valence-corrected chi connectivity index (χ0v) is 8.60. The minimum Gasteiger partial charge on any atom is -0.268 e. The maximum Gasteiger partial charge on any atom is 0.262 e. The summed E-state index contributed by atoms with van der Waals surface area (Å²) in [4.78, 5) is 11.4. The maximum atomic E-state index is 11.4. The molecule has 4 nitrogen and oxygen atoms in total. The Bertz CT molecular complexity index is 342. The Morgan fingerprint density at radius 2 is 2.08 bits per heavy atom. The highest BCUT2D eigenvalue weighted by Crippen LogP contribution is 2.12. The first-order chi connectivity index (χ1) is 5.95. The molecule has 1 heterocycles. The van der Waals surface area contributed by atoms with Gasteiger partial charge < -0.3 is 0 Å². The van der Waals surface area contributed by atoms with Crippen molar-refractivity contribution in [2.45, 2.75) is 19.8 Å². The van der Waals surface area contributed by atoms with Gasteiger partial charge in [0, 0.05) is 12.6 Å². The van der Waals surface area contributed by atoms with Crippen LogP contribution in [-0.4, -0.2) is 31.4 Å². The molecule has 0 atom stereocenters. The zero-order valence-electron chi connectivity index (χ0n) is 7.78. The molecule has 0 aromatic rings. The quantitative estimate of drug-likeness (QED) is 0.576. The molecule has 0 bridgehead atoms. The van der Waals surface area contributed by atoms with Crippen LogP contribution in [0.2, 0.25) is 0 Å². The van der Waals surface area contributed by atoms with E-state index >= 15 is 0 Å². The lowest BCUT2D eigenvalue weighted by molar-refractivity contribution is -0.121. The van der Waals surface area contributed by atoms with Gasteiger partial charge in [-0.2, -0.15) is 0 Å². The number of rotatable bonds is 0. The monoisotopic (exact) mass is 203 g/mol. The molecule has 0 saturated carbocycles. The highest BCUT2D eigenvalue weighted by Gasteiger charge is 2.24. The highest BCUT2D eigenvalue weighted by atomic mass is 32.2. The van der Waals surface area contributed by atoms with Crippen LogP contribution in [0.25, 0.3) is 0 Å². The van der Waals surface area contributed by atoms with Crippen LogP contribution in [0.15, 0.2) is 11.6 Å². The van der Waals surface area contributed by atoms with Gasteiger partial charge in [0.25, 0.3) is 5.91 Å². The van der Waals surface area contributed by atoms with E-state index < -0.39 is 15.9 Å². The maximum absolute atomic E-state index is 11.4. The summed E-state index contributed by atoms with van der Waals surface area (Å²) < 4.78 is 23.6. The molecule has 0 spiro atoms. The van der Waals surface area contributed by atoms with Gasteiger partial charge in [0.2, 0.25) is 10.0 Å². The predicted molar refractivity (Wildman–Crippen MR) is 49.5 cm³/mol. The number of hydrogen-bond donors (Lipinski definition) is 0. The lowest BCUT2D eigenvalue weighted by Gasteiger charge is -2.19. The Kier molecular flexibility index (Phi) is 2.75. The SMILES string of the molecule is C/C1=C\CCCS(=O)(=O)N(C)C1=O. The van der Waals surface area contributed by atoms with E-state index in [0.717, 1.165) is 4.31 Å². The smallest absolute Gasteiger partial charge is 0.262 e. The molecule has 1 amide bonds. The fourth-order valence-corrected chi connectivity index (χ4v) is 2.39. The van der Waals surface area contributed by atoms with Crippen LogP contribution in [-0.2, 0) is 14.8 Å². The van der Waals surface area contributed by atoms with Gasteiger partial charge in [-0.15, -0.1) is 0 Å². The van der Waals surface area contributed by atoms with Crippen LogP contribution in [0, 0.1) is 0 Å². The topological polar surface area (TPSA) is 54.5 Å².